The number of nitrogens with one attached hydrogen (secondary N) is 1. The molecule has 1 aromatic carbocycles. The van der Waals surface area contributed by atoms with Crippen molar-refractivity contribution >= 4 is 5.91 Å². The maximum atomic E-state index is 13.0. The van der Waals surface area contributed by atoms with Crippen LogP contribution in [0.1, 0.15) is 42.9 Å². The van der Waals surface area contributed by atoms with Gasteiger partial charge >= 0.3 is 0 Å². The van der Waals surface area contributed by atoms with Crippen molar-refractivity contribution < 1.29 is 14.3 Å². The van der Waals surface area contributed by atoms with Gasteiger partial charge in [0.1, 0.15) is 5.82 Å². The molecule has 1 amide bonds. The number of nitrogens with zero attached hydrogens (tertiary/aromatic N) is 2. The van der Waals surface area contributed by atoms with Crippen LogP contribution in [0.25, 0.3) is 5.69 Å². The van der Waals surface area contributed by atoms with E-state index in [1.165, 1.54) is 12.1 Å². The number of hydrogen-bond acceptors (Lipinski definition) is 3. The number of hydrogen-bond donors (Lipinski definition) is 2. The van der Waals surface area contributed by atoms with Crippen molar-refractivity contribution in [3.63, 3.8) is 0 Å². The van der Waals surface area contributed by atoms with E-state index in [0.29, 0.717) is 17.9 Å². The molecule has 6 heteroatoms. The molecular formula is C18H24FN3O2. The summed E-state index contributed by atoms with van der Waals surface area (Å²) in [7, 11) is 0. The third kappa shape index (κ3) is 4.64. The highest BCUT2D eigenvalue weighted by Crippen LogP contribution is 2.20. The van der Waals surface area contributed by atoms with Crippen molar-refractivity contribution in [1.29, 1.82) is 0 Å². The molecule has 1 aromatic heterocycles. The summed E-state index contributed by atoms with van der Waals surface area (Å²) in [5, 5.41) is 16.4. The van der Waals surface area contributed by atoms with Crippen molar-refractivity contribution in [1.82, 2.24) is 15.1 Å². The van der Waals surface area contributed by atoms with Crippen LogP contribution in [0.5, 0.6) is 0 Å². The molecule has 24 heavy (non-hydrogen) atoms. The fourth-order valence-electron chi connectivity index (χ4n) is 2.37. The molecule has 2 N–H and O–H groups in total. The Morgan fingerprint density at radius 1 is 1.33 bits per heavy atom. The van der Waals surface area contributed by atoms with Gasteiger partial charge in [-0.3, -0.25) is 4.79 Å². The highest BCUT2D eigenvalue weighted by Gasteiger charge is 2.17. The summed E-state index contributed by atoms with van der Waals surface area (Å²) in [6.07, 6.45) is 1.61. The first kappa shape index (κ1) is 18.1. The van der Waals surface area contributed by atoms with E-state index in [2.05, 4.69) is 10.4 Å². The summed E-state index contributed by atoms with van der Waals surface area (Å²) in [6.45, 7) is 6.48. The largest absolute Gasteiger partial charge is 0.396 e. The van der Waals surface area contributed by atoms with Gasteiger partial charge < -0.3 is 10.4 Å². The minimum atomic E-state index is -0.313. The molecule has 0 bridgehead atoms. The van der Waals surface area contributed by atoms with Gasteiger partial charge in [0.25, 0.3) is 5.91 Å². The Morgan fingerprint density at radius 2 is 2.00 bits per heavy atom. The second-order valence-corrected chi connectivity index (χ2v) is 6.74. The summed E-state index contributed by atoms with van der Waals surface area (Å²) < 4.78 is 14.6. The quantitative estimate of drug-likeness (QED) is 0.766. The Bertz CT molecular complexity index is 693. The van der Waals surface area contributed by atoms with E-state index < -0.39 is 0 Å². The van der Waals surface area contributed by atoms with Crippen LogP contribution in [0.3, 0.4) is 0 Å². The van der Waals surface area contributed by atoms with Crippen LogP contribution in [0.15, 0.2) is 30.3 Å². The first-order valence-corrected chi connectivity index (χ1v) is 8.04. The Balaban J connectivity index is 1.96. The lowest BCUT2D eigenvalue weighted by atomic mass is 9.89. The van der Waals surface area contributed by atoms with Gasteiger partial charge in [-0.05, 0) is 55.5 Å². The standard InChI is InChI=1S/C18H24FN3O2/c1-13-11-16(17(24)20-10-4-9-18(2,3)12-23)21-22(13)15-7-5-14(19)6-8-15/h5-8,11,23H,4,9-10,12H2,1-3H3,(H,20,24). The second kappa shape index (κ2) is 7.57. The molecule has 2 rings (SSSR count). The number of benzene rings is 1. The van der Waals surface area contributed by atoms with Gasteiger partial charge in [0, 0.05) is 18.8 Å². The topological polar surface area (TPSA) is 67.2 Å². The zero-order chi connectivity index (χ0) is 17.7. The Kier molecular flexibility index (Phi) is 5.72. The smallest absolute Gasteiger partial charge is 0.271 e. The monoisotopic (exact) mass is 333 g/mol. The number of carbonyl (C=O) groups excluding carboxylic acids is 1. The van der Waals surface area contributed by atoms with Crippen LogP contribution in [-0.2, 0) is 0 Å². The molecule has 0 saturated heterocycles. The molecule has 0 aliphatic heterocycles. The van der Waals surface area contributed by atoms with Gasteiger partial charge in [0.15, 0.2) is 5.69 Å². The number of amides is 1. The fraction of sp³-hybridized carbons (Fsp3) is 0.444. The number of aliphatic hydroxyl groups excluding tert-OH is 1. The molecular weight excluding hydrogens is 309 g/mol. The lowest BCUT2D eigenvalue weighted by molar-refractivity contribution is 0.0943. The number of rotatable bonds is 7. The van der Waals surface area contributed by atoms with E-state index >= 15 is 0 Å². The van der Waals surface area contributed by atoms with Crippen molar-refractivity contribution in [2.75, 3.05) is 13.2 Å². The predicted molar refractivity (Wildman–Crippen MR) is 90.7 cm³/mol. The molecule has 0 saturated carbocycles. The molecule has 1 heterocycles. The van der Waals surface area contributed by atoms with E-state index in [4.69, 9.17) is 0 Å². The third-order valence-corrected chi connectivity index (χ3v) is 3.94. The van der Waals surface area contributed by atoms with E-state index in [1.807, 2.05) is 20.8 Å². The average molecular weight is 333 g/mol. The summed E-state index contributed by atoms with van der Waals surface area (Å²) in [5.74, 6) is -0.548. The highest BCUT2D eigenvalue weighted by molar-refractivity contribution is 5.92. The zero-order valence-corrected chi connectivity index (χ0v) is 14.3. The lowest BCUT2D eigenvalue weighted by Crippen LogP contribution is -2.26. The molecule has 0 atom stereocenters. The summed E-state index contributed by atoms with van der Waals surface area (Å²) in [5.41, 5.74) is 1.70. The Hall–Kier alpha value is -2.21. The number of aryl methyl sites for hydroxylation is 1. The zero-order valence-electron chi connectivity index (χ0n) is 14.3. The van der Waals surface area contributed by atoms with Gasteiger partial charge in [-0.2, -0.15) is 5.10 Å². The molecule has 0 aliphatic carbocycles. The molecule has 0 unspecified atom stereocenters. The average Bonchev–Trinajstić information content (AvgIpc) is 2.94. The van der Waals surface area contributed by atoms with Gasteiger partial charge in [0.05, 0.1) is 5.69 Å². The Morgan fingerprint density at radius 3 is 2.62 bits per heavy atom. The molecule has 0 aliphatic rings. The van der Waals surface area contributed by atoms with Crippen LogP contribution in [0.2, 0.25) is 0 Å². The molecule has 2 aromatic rings. The number of aliphatic hydroxyl groups is 1. The van der Waals surface area contributed by atoms with Crippen molar-refractivity contribution in [3.05, 3.63) is 47.5 Å². The third-order valence-electron chi connectivity index (χ3n) is 3.94. The van der Waals surface area contributed by atoms with Crippen LogP contribution >= 0.6 is 0 Å². The SMILES string of the molecule is Cc1cc(C(=O)NCCCC(C)(C)CO)nn1-c1ccc(F)cc1. The molecule has 5 nitrogen and oxygen atoms in total. The highest BCUT2D eigenvalue weighted by atomic mass is 19.1. The normalized spacial score (nSPS) is 11.5. The van der Waals surface area contributed by atoms with Gasteiger partial charge in [-0.15, -0.1) is 0 Å². The fourth-order valence-corrected chi connectivity index (χ4v) is 2.37. The van der Waals surface area contributed by atoms with E-state index in [-0.39, 0.29) is 23.7 Å². The minimum Gasteiger partial charge on any atom is -0.396 e. The first-order chi connectivity index (χ1) is 11.3. The maximum Gasteiger partial charge on any atom is 0.271 e. The first-order valence-electron chi connectivity index (χ1n) is 8.04. The minimum absolute atomic E-state index is 0.127. The molecule has 0 fully saturated rings. The summed E-state index contributed by atoms with van der Waals surface area (Å²) >= 11 is 0. The molecule has 0 radical (unpaired) electrons. The Labute approximate surface area is 141 Å². The van der Waals surface area contributed by atoms with E-state index in [1.54, 1.807) is 22.9 Å². The molecule has 0 spiro atoms. The van der Waals surface area contributed by atoms with Crippen molar-refractivity contribution in [2.24, 2.45) is 5.41 Å². The lowest BCUT2D eigenvalue weighted by Gasteiger charge is -2.21. The van der Waals surface area contributed by atoms with E-state index in [9.17, 15) is 14.3 Å². The summed E-state index contributed by atoms with van der Waals surface area (Å²) in [4.78, 5) is 12.2. The van der Waals surface area contributed by atoms with Crippen LogP contribution in [0.4, 0.5) is 4.39 Å². The molecule has 130 valence electrons. The van der Waals surface area contributed by atoms with Crippen LogP contribution in [-0.4, -0.2) is 33.9 Å². The van der Waals surface area contributed by atoms with Crippen molar-refractivity contribution in [3.8, 4) is 5.69 Å². The second-order valence-electron chi connectivity index (χ2n) is 6.74. The van der Waals surface area contributed by atoms with Gasteiger partial charge in [-0.25, -0.2) is 9.07 Å². The summed E-state index contributed by atoms with van der Waals surface area (Å²) in [6, 6.07) is 7.66. The van der Waals surface area contributed by atoms with E-state index in [0.717, 1.165) is 18.5 Å². The van der Waals surface area contributed by atoms with Crippen molar-refractivity contribution in [2.45, 2.75) is 33.6 Å². The van der Waals surface area contributed by atoms with Gasteiger partial charge in [0.2, 0.25) is 0 Å². The van der Waals surface area contributed by atoms with Crippen LogP contribution in [0, 0.1) is 18.2 Å². The van der Waals surface area contributed by atoms with Crippen LogP contribution < -0.4 is 5.32 Å². The predicted octanol–water partition coefficient (Wildman–Crippen LogP) is 2.85. The van der Waals surface area contributed by atoms with Gasteiger partial charge in [-0.1, -0.05) is 13.8 Å². The number of aromatic nitrogens is 2. The number of carbonyl (C=O) groups is 1. The maximum absolute atomic E-state index is 13.0. The number of halogens is 1.